The number of sulfonamides is 1. The second-order valence-corrected chi connectivity index (χ2v) is 6.69. The Morgan fingerprint density at radius 2 is 1.83 bits per heavy atom. The molecule has 0 fully saturated rings. The maximum absolute atomic E-state index is 11.5. The molecule has 0 bridgehead atoms. The average Bonchev–Trinajstić information content (AvgIpc) is 2.54. The Labute approximate surface area is 133 Å². The highest BCUT2D eigenvalue weighted by molar-refractivity contribution is 7.88. The van der Waals surface area contributed by atoms with Crippen LogP contribution < -0.4 is 10.0 Å². The summed E-state index contributed by atoms with van der Waals surface area (Å²) in [5.74, 6) is 0.0995. The molecule has 0 saturated carbocycles. The molecular weight excluding hydrogens is 320 g/mol. The average molecular weight is 336 g/mol. The molecule has 0 aliphatic rings. The molecule has 1 aromatic heterocycles. The molecule has 9 heteroatoms. The highest BCUT2D eigenvalue weighted by atomic mass is 32.2. The third-order valence-electron chi connectivity index (χ3n) is 3.13. The summed E-state index contributed by atoms with van der Waals surface area (Å²) in [4.78, 5) is 14.4. The minimum atomic E-state index is -3.31. The fourth-order valence-corrected chi connectivity index (χ4v) is 2.69. The number of rotatable bonds is 7. The predicted molar refractivity (Wildman–Crippen MR) is 86.3 cm³/mol. The van der Waals surface area contributed by atoms with Crippen molar-refractivity contribution in [2.75, 3.05) is 12.4 Å². The van der Waals surface area contributed by atoms with Gasteiger partial charge in [-0.15, -0.1) is 0 Å². The van der Waals surface area contributed by atoms with Crippen molar-refractivity contribution < 1.29 is 13.3 Å². The molecule has 0 radical (unpaired) electrons. The maximum atomic E-state index is 11.5. The molecule has 0 unspecified atom stereocenters. The van der Waals surface area contributed by atoms with Gasteiger partial charge in [-0.1, -0.05) is 24.3 Å². The normalized spacial score (nSPS) is 11.2. The number of pyridine rings is 1. The lowest BCUT2D eigenvalue weighted by molar-refractivity contribution is -0.384. The summed E-state index contributed by atoms with van der Waals surface area (Å²) in [6, 6.07) is 9.82. The number of aromatic nitrogens is 1. The number of hydrogen-bond acceptors (Lipinski definition) is 6. The van der Waals surface area contributed by atoms with Crippen LogP contribution in [0.15, 0.2) is 42.6 Å². The van der Waals surface area contributed by atoms with Crippen molar-refractivity contribution in [2.24, 2.45) is 0 Å². The van der Waals surface area contributed by atoms with Gasteiger partial charge in [-0.3, -0.25) is 10.1 Å². The second-order valence-electron chi connectivity index (χ2n) is 4.76. The van der Waals surface area contributed by atoms with Crippen molar-refractivity contribution in [3.63, 3.8) is 0 Å². The minimum Gasteiger partial charge on any atom is -0.360 e. The summed E-state index contributed by atoms with van der Waals surface area (Å²) in [6.45, 7) is 0.344. The number of nitrogens with one attached hydrogen (secondary N) is 2. The van der Waals surface area contributed by atoms with E-state index >= 15 is 0 Å². The van der Waals surface area contributed by atoms with Crippen LogP contribution in [0.2, 0.25) is 0 Å². The first-order valence-electron chi connectivity index (χ1n) is 6.73. The van der Waals surface area contributed by atoms with Gasteiger partial charge in [-0.25, -0.2) is 18.1 Å². The monoisotopic (exact) mass is 336 g/mol. The molecule has 1 aromatic carbocycles. The zero-order valence-corrected chi connectivity index (χ0v) is 13.2. The molecule has 8 nitrogen and oxygen atoms in total. The molecule has 23 heavy (non-hydrogen) atoms. The van der Waals surface area contributed by atoms with Gasteiger partial charge in [0.1, 0.15) is 0 Å². The van der Waals surface area contributed by atoms with E-state index in [0.717, 1.165) is 5.56 Å². The van der Waals surface area contributed by atoms with Crippen LogP contribution in [-0.4, -0.2) is 25.4 Å². The molecule has 0 amide bonds. The summed E-state index contributed by atoms with van der Waals surface area (Å²) >= 11 is 0. The maximum Gasteiger partial charge on any atom is 0.311 e. The number of benzene rings is 1. The lowest BCUT2D eigenvalue weighted by atomic mass is 10.1. The fraction of sp³-hybridized carbons (Fsp3) is 0.214. The molecule has 0 aliphatic carbocycles. The molecular formula is C14H16N4O4S. The smallest absolute Gasteiger partial charge is 0.311 e. The molecule has 2 aromatic rings. The number of anilines is 1. The van der Waals surface area contributed by atoms with Gasteiger partial charge >= 0.3 is 5.69 Å². The summed E-state index contributed by atoms with van der Waals surface area (Å²) in [7, 11) is -1.94. The predicted octanol–water partition coefficient (Wildman–Crippen LogP) is 1.65. The van der Waals surface area contributed by atoms with Crippen LogP contribution in [0.1, 0.15) is 11.1 Å². The summed E-state index contributed by atoms with van der Waals surface area (Å²) in [5, 5.41) is 13.8. The SMILES string of the molecule is CNS(=O)(=O)Cc1ccc(CNc2ncccc2[N+](=O)[O-])cc1. The third kappa shape index (κ3) is 4.73. The topological polar surface area (TPSA) is 114 Å². The lowest BCUT2D eigenvalue weighted by Gasteiger charge is -2.07. The number of nitro groups is 1. The number of hydrogen-bond donors (Lipinski definition) is 2. The van der Waals surface area contributed by atoms with E-state index in [1.54, 1.807) is 24.3 Å². The Morgan fingerprint density at radius 3 is 2.43 bits per heavy atom. The van der Waals surface area contributed by atoms with Gasteiger partial charge in [0.2, 0.25) is 15.8 Å². The molecule has 0 aliphatic heterocycles. The van der Waals surface area contributed by atoms with Gasteiger partial charge in [0.25, 0.3) is 0 Å². The molecule has 122 valence electrons. The van der Waals surface area contributed by atoms with Crippen molar-refractivity contribution >= 4 is 21.5 Å². The van der Waals surface area contributed by atoms with E-state index in [1.165, 1.54) is 25.4 Å². The van der Waals surface area contributed by atoms with Gasteiger partial charge in [0.15, 0.2) is 0 Å². The summed E-state index contributed by atoms with van der Waals surface area (Å²) < 4.78 is 25.2. The highest BCUT2D eigenvalue weighted by Gasteiger charge is 2.13. The van der Waals surface area contributed by atoms with Crippen molar-refractivity contribution in [1.82, 2.24) is 9.71 Å². The Hall–Kier alpha value is -2.52. The molecule has 0 atom stereocenters. The molecule has 2 rings (SSSR count). The van der Waals surface area contributed by atoms with Gasteiger partial charge in [-0.2, -0.15) is 0 Å². The molecule has 1 heterocycles. The van der Waals surface area contributed by atoms with E-state index in [-0.39, 0.29) is 17.3 Å². The first-order valence-corrected chi connectivity index (χ1v) is 8.39. The van der Waals surface area contributed by atoms with Crippen molar-refractivity contribution in [1.29, 1.82) is 0 Å². The van der Waals surface area contributed by atoms with Crippen LogP contribution in [0.4, 0.5) is 11.5 Å². The highest BCUT2D eigenvalue weighted by Crippen LogP contribution is 2.21. The van der Waals surface area contributed by atoms with E-state index in [1.807, 2.05) is 0 Å². The Kier molecular flexibility index (Phi) is 5.24. The van der Waals surface area contributed by atoms with Crippen molar-refractivity contribution in [3.05, 3.63) is 63.8 Å². The molecule has 0 spiro atoms. The standard InChI is InChI=1S/C14H16N4O4S/c1-15-23(21,22)10-12-6-4-11(5-7-12)9-17-14-13(18(19)20)3-2-8-16-14/h2-8,15H,9-10H2,1H3,(H,16,17). The fourth-order valence-electron chi connectivity index (χ4n) is 1.91. The van der Waals surface area contributed by atoms with Crippen molar-refractivity contribution in [3.8, 4) is 0 Å². The minimum absolute atomic E-state index is 0.0933. The number of nitrogens with zero attached hydrogens (tertiary/aromatic N) is 2. The van der Waals surface area contributed by atoms with Gasteiger partial charge in [0, 0.05) is 18.8 Å². The third-order valence-corrected chi connectivity index (χ3v) is 4.47. The van der Waals surface area contributed by atoms with E-state index < -0.39 is 14.9 Å². The lowest BCUT2D eigenvalue weighted by Crippen LogP contribution is -2.20. The Bertz CT molecular complexity index is 791. The van der Waals surface area contributed by atoms with E-state index in [2.05, 4.69) is 15.0 Å². The van der Waals surface area contributed by atoms with Crippen LogP contribution in [0.25, 0.3) is 0 Å². The van der Waals surface area contributed by atoms with Gasteiger partial charge in [0.05, 0.1) is 10.7 Å². The Balaban J connectivity index is 2.04. The van der Waals surface area contributed by atoms with Crippen LogP contribution >= 0.6 is 0 Å². The van der Waals surface area contributed by atoms with E-state index in [0.29, 0.717) is 12.1 Å². The van der Waals surface area contributed by atoms with Crippen LogP contribution in [-0.2, 0) is 22.3 Å². The van der Waals surface area contributed by atoms with Crippen LogP contribution in [0.5, 0.6) is 0 Å². The zero-order valence-electron chi connectivity index (χ0n) is 12.4. The van der Waals surface area contributed by atoms with E-state index in [9.17, 15) is 18.5 Å². The quantitative estimate of drug-likeness (QED) is 0.587. The van der Waals surface area contributed by atoms with Gasteiger partial charge in [-0.05, 0) is 24.2 Å². The first kappa shape index (κ1) is 16.8. The van der Waals surface area contributed by atoms with Gasteiger partial charge < -0.3 is 5.32 Å². The van der Waals surface area contributed by atoms with Crippen LogP contribution in [0, 0.1) is 10.1 Å². The summed E-state index contributed by atoms with van der Waals surface area (Å²) in [5.41, 5.74) is 1.42. The van der Waals surface area contributed by atoms with Crippen molar-refractivity contribution in [2.45, 2.75) is 12.3 Å². The molecule has 0 saturated heterocycles. The second kappa shape index (κ2) is 7.16. The van der Waals surface area contributed by atoms with Crippen LogP contribution in [0.3, 0.4) is 0 Å². The first-order chi connectivity index (χ1) is 10.9. The Morgan fingerprint density at radius 1 is 1.17 bits per heavy atom. The molecule has 2 N–H and O–H groups in total. The summed E-state index contributed by atoms with van der Waals surface area (Å²) in [6.07, 6.45) is 1.47. The zero-order chi connectivity index (χ0) is 16.9. The van der Waals surface area contributed by atoms with E-state index in [4.69, 9.17) is 0 Å². The largest absolute Gasteiger partial charge is 0.360 e.